The van der Waals surface area contributed by atoms with Crippen molar-refractivity contribution in [1.82, 2.24) is 0 Å². The van der Waals surface area contributed by atoms with E-state index in [2.05, 4.69) is 12.6 Å². The lowest BCUT2D eigenvalue weighted by atomic mass is 10.2. The van der Waals surface area contributed by atoms with E-state index in [4.69, 9.17) is 15.9 Å². The van der Waals surface area contributed by atoms with Crippen molar-refractivity contribution in [1.29, 1.82) is 0 Å². The zero-order chi connectivity index (χ0) is 12.4. The molecule has 0 heterocycles. The molecule has 88 valence electrons. The second kappa shape index (κ2) is 9.47. The monoisotopic (exact) mass is 237 g/mol. The fourth-order valence-electron chi connectivity index (χ4n) is 0.414. The lowest BCUT2D eigenvalue weighted by Gasteiger charge is -2.00. The fourth-order valence-corrected chi connectivity index (χ4v) is 0.692. The van der Waals surface area contributed by atoms with Crippen molar-refractivity contribution >= 4 is 30.4 Å². The number of nitrogens with two attached hydrogens (primary N) is 1. The Morgan fingerprint density at radius 3 is 1.87 bits per heavy atom. The van der Waals surface area contributed by atoms with E-state index >= 15 is 0 Å². The van der Waals surface area contributed by atoms with Crippen LogP contribution in [0.5, 0.6) is 0 Å². The molecule has 0 aliphatic carbocycles. The minimum Gasteiger partial charge on any atom is -0.480 e. The summed E-state index contributed by atoms with van der Waals surface area (Å²) in [6.45, 7) is 1.51. The Morgan fingerprint density at radius 1 is 1.33 bits per heavy atom. The van der Waals surface area contributed by atoms with E-state index in [0.717, 1.165) is 0 Å². The second-order valence-corrected chi connectivity index (χ2v) is 2.99. The van der Waals surface area contributed by atoms with Crippen molar-refractivity contribution in [2.45, 2.75) is 25.8 Å². The van der Waals surface area contributed by atoms with Gasteiger partial charge >= 0.3 is 11.9 Å². The molecule has 0 radical (unpaired) electrons. The highest BCUT2D eigenvalue weighted by Crippen LogP contribution is 1.88. The van der Waals surface area contributed by atoms with E-state index in [-0.39, 0.29) is 6.42 Å². The van der Waals surface area contributed by atoms with Crippen LogP contribution >= 0.6 is 12.6 Å². The zero-order valence-electron chi connectivity index (χ0n) is 8.34. The van der Waals surface area contributed by atoms with Gasteiger partial charge in [0.2, 0.25) is 5.78 Å². The van der Waals surface area contributed by atoms with Crippen LogP contribution in [0, 0.1) is 0 Å². The average molecular weight is 237 g/mol. The Kier molecular flexibility index (Phi) is 10.3. The number of carboxylic acid groups (broad SMARTS) is 2. The summed E-state index contributed by atoms with van der Waals surface area (Å²) in [5, 5.41) is 16.0. The summed E-state index contributed by atoms with van der Waals surface area (Å²) in [5.74, 6) is -2.52. The Balaban J connectivity index is 0. The van der Waals surface area contributed by atoms with Crippen molar-refractivity contribution in [2.75, 3.05) is 5.75 Å². The topological polar surface area (TPSA) is 118 Å². The zero-order valence-corrected chi connectivity index (χ0v) is 9.24. The molecule has 0 rings (SSSR count). The maximum atomic E-state index is 9.93. The molecular formula is C8H15NO5S. The van der Waals surface area contributed by atoms with Gasteiger partial charge in [-0.05, 0) is 12.2 Å². The number of hydrogen-bond donors (Lipinski definition) is 4. The summed E-state index contributed by atoms with van der Waals surface area (Å²) in [6, 6.07) is -0.743. The van der Waals surface area contributed by atoms with Crippen LogP contribution in [0.1, 0.15) is 19.8 Å². The van der Waals surface area contributed by atoms with Gasteiger partial charge in [0.15, 0.2) is 0 Å². The predicted octanol–water partition coefficient (Wildman–Crippen LogP) is -0.232. The number of hydrogen-bond acceptors (Lipinski definition) is 5. The van der Waals surface area contributed by atoms with Crippen molar-refractivity contribution in [2.24, 2.45) is 5.73 Å². The molecule has 0 aliphatic rings. The summed E-state index contributed by atoms with van der Waals surface area (Å²) < 4.78 is 0. The molecule has 0 saturated heterocycles. The smallest absolute Gasteiger partial charge is 0.372 e. The normalized spacial score (nSPS) is 10.9. The molecule has 0 aromatic rings. The van der Waals surface area contributed by atoms with Gasteiger partial charge in [0.05, 0.1) is 0 Å². The molecule has 0 aromatic heterocycles. The van der Waals surface area contributed by atoms with Crippen molar-refractivity contribution in [3.05, 3.63) is 0 Å². The van der Waals surface area contributed by atoms with Crippen molar-refractivity contribution < 1.29 is 24.6 Å². The molecule has 0 fully saturated rings. The molecule has 1 atom stereocenters. The first-order chi connectivity index (χ1) is 6.86. The fraction of sp³-hybridized carbons (Fsp3) is 0.625. The number of thiol groups is 1. The van der Waals surface area contributed by atoms with Gasteiger partial charge in [-0.2, -0.15) is 12.6 Å². The first-order valence-corrected chi connectivity index (χ1v) is 4.85. The Bertz CT molecular complexity index is 231. The highest BCUT2D eigenvalue weighted by molar-refractivity contribution is 7.80. The number of rotatable bonds is 5. The van der Waals surface area contributed by atoms with E-state index in [0.29, 0.717) is 12.2 Å². The first-order valence-electron chi connectivity index (χ1n) is 4.22. The quantitative estimate of drug-likeness (QED) is 0.387. The van der Waals surface area contributed by atoms with Crippen LogP contribution in [-0.4, -0.2) is 39.7 Å². The van der Waals surface area contributed by atoms with Gasteiger partial charge < -0.3 is 15.9 Å². The van der Waals surface area contributed by atoms with E-state index in [1.54, 1.807) is 0 Å². The van der Waals surface area contributed by atoms with E-state index < -0.39 is 23.8 Å². The summed E-state index contributed by atoms with van der Waals surface area (Å²) in [7, 11) is 0. The molecule has 6 nitrogen and oxygen atoms in total. The van der Waals surface area contributed by atoms with Gasteiger partial charge in [0, 0.05) is 6.42 Å². The maximum Gasteiger partial charge on any atom is 0.372 e. The molecule has 0 aromatic carbocycles. The molecule has 0 unspecified atom stereocenters. The average Bonchev–Trinajstić information content (AvgIpc) is 2.17. The molecule has 15 heavy (non-hydrogen) atoms. The van der Waals surface area contributed by atoms with Gasteiger partial charge in [-0.3, -0.25) is 9.59 Å². The maximum absolute atomic E-state index is 9.93. The molecule has 4 N–H and O–H groups in total. The molecule has 0 bridgehead atoms. The van der Waals surface area contributed by atoms with E-state index in [1.165, 1.54) is 6.92 Å². The van der Waals surface area contributed by atoms with Crippen LogP contribution in [0.3, 0.4) is 0 Å². The molecule has 0 saturated carbocycles. The van der Waals surface area contributed by atoms with Crippen LogP contribution in [0.2, 0.25) is 0 Å². The largest absolute Gasteiger partial charge is 0.480 e. The van der Waals surface area contributed by atoms with Gasteiger partial charge in [0.1, 0.15) is 6.04 Å². The van der Waals surface area contributed by atoms with E-state index in [1.807, 2.05) is 0 Å². The molecule has 0 amide bonds. The van der Waals surface area contributed by atoms with Crippen LogP contribution in [0.25, 0.3) is 0 Å². The summed E-state index contributed by atoms with van der Waals surface area (Å²) in [4.78, 5) is 29.4. The van der Waals surface area contributed by atoms with Crippen LogP contribution in [0.4, 0.5) is 0 Å². The molecule has 0 aliphatic heterocycles. The molecular weight excluding hydrogens is 222 g/mol. The summed E-state index contributed by atoms with van der Waals surface area (Å²) >= 11 is 3.81. The van der Waals surface area contributed by atoms with Crippen LogP contribution in [-0.2, 0) is 14.4 Å². The highest BCUT2D eigenvalue weighted by atomic mass is 32.1. The SMILES string of the molecule is CCC(=O)C(=O)O.N[C@@H](CCS)C(=O)O. The van der Waals surface area contributed by atoms with Gasteiger partial charge in [-0.25, -0.2) is 4.79 Å². The lowest BCUT2D eigenvalue weighted by Crippen LogP contribution is -2.30. The minimum atomic E-state index is -1.34. The van der Waals surface area contributed by atoms with Crippen LogP contribution < -0.4 is 5.73 Å². The predicted molar refractivity (Wildman–Crippen MR) is 57.0 cm³/mol. The second-order valence-electron chi connectivity index (χ2n) is 2.54. The Labute approximate surface area is 92.9 Å². The van der Waals surface area contributed by atoms with Gasteiger partial charge in [-0.15, -0.1) is 0 Å². The van der Waals surface area contributed by atoms with Gasteiger partial charge in [0.25, 0.3) is 0 Å². The summed E-state index contributed by atoms with van der Waals surface area (Å²) in [6.07, 6.45) is 0.508. The molecule has 0 spiro atoms. The number of ketones is 1. The van der Waals surface area contributed by atoms with Gasteiger partial charge in [-0.1, -0.05) is 6.92 Å². The number of aliphatic carboxylic acids is 2. The van der Waals surface area contributed by atoms with Crippen molar-refractivity contribution in [3.8, 4) is 0 Å². The number of Topliss-reactive ketones (excluding diaryl/α,β-unsaturated/α-hetero) is 1. The van der Waals surface area contributed by atoms with E-state index in [9.17, 15) is 14.4 Å². The molecule has 7 heteroatoms. The highest BCUT2D eigenvalue weighted by Gasteiger charge is 2.08. The third-order valence-electron chi connectivity index (χ3n) is 1.32. The standard InChI is InChI=1S/C4H9NO2S.C4H6O3/c5-3(1-2-8)4(6)7;1-2-3(5)4(6)7/h3,8H,1-2,5H2,(H,6,7);2H2,1H3,(H,6,7)/t3-;/m0./s1. The number of carbonyl (C=O) groups is 3. The summed E-state index contributed by atoms with van der Waals surface area (Å²) in [5.41, 5.74) is 5.08. The third-order valence-corrected chi connectivity index (χ3v) is 1.58. The Morgan fingerprint density at radius 2 is 1.80 bits per heavy atom. The number of carbonyl (C=O) groups excluding carboxylic acids is 1. The number of carboxylic acids is 2. The Hall–Kier alpha value is -1.08. The van der Waals surface area contributed by atoms with Crippen molar-refractivity contribution in [3.63, 3.8) is 0 Å². The van der Waals surface area contributed by atoms with Crippen LogP contribution in [0.15, 0.2) is 0 Å². The third kappa shape index (κ3) is 10.8. The first kappa shape index (κ1) is 16.4. The lowest BCUT2D eigenvalue weighted by molar-refractivity contribution is -0.148. The minimum absolute atomic E-state index is 0.0787.